The lowest BCUT2D eigenvalue weighted by molar-refractivity contribution is -0.0505. The van der Waals surface area contributed by atoms with Crippen molar-refractivity contribution in [2.24, 2.45) is 5.73 Å². The van der Waals surface area contributed by atoms with Gasteiger partial charge in [-0.2, -0.15) is 19.1 Å². The summed E-state index contributed by atoms with van der Waals surface area (Å²) in [4.78, 5) is 23.1. The Hall–Kier alpha value is -4.43. The first-order chi connectivity index (χ1) is 19.4. The van der Waals surface area contributed by atoms with Crippen molar-refractivity contribution >= 4 is 11.4 Å². The van der Waals surface area contributed by atoms with Crippen molar-refractivity contribution in [2.75, 3.05) is 6.98 Å². The number of benzene rings is 1. The molecule has 0 saturated carbocycles. The van der Waals surface area contributed by atoms with Crippen molar-refractivity contribution in [1.82, 2.24) is 24.5 Å². The van der Waals surface area contributed by atoms with E-state index in [9.17, 15) is 13.6 Å². The van der Waals surface area contributed by atoms with E-state index in [1.807, 2.05) is 12.1 Å². The number of fused-ring (bicyclic) bond motifs is 9. The lowest BCUT2D eigenvalue weighted by Crippen LogP contribution is -2.34. The third-order valence-corrected chi connectivity index (χ3v) is 7.16. The Bertz CT molecular complexity index is 1730. The number of nitrogens with two attached hydrogens (primary N) is 1. The van der Waals surface area contributed by atoms with Crippen molar-refractivity contribution in [3.05, 3.63) is 77.1 Å². The average molecular weight is 519 g/mol. The van der Waals surface area contributed by atoms with Gasteiger partial charge in [0.1, 0.15) is 11.6 Å². The van der Waals surface area contributed by atoms with Gasteiger partial charge in [-0.3, -0.25) is 4.79 Å². The molecular weight excluding hydrogens is 492 g/mol. The summed E-state index contributed by atoms with van der Waals surface area (Å²) in [5.74, 6) is -1.30. The summed E-state index contributed by atoms with van der Waals surface area (Å²) >= 11 is 0. The number of nitrogens with zero attached hydrogens (tertiary/aromatic N) is 6. The molecule has 0 unspecified atom stereocenters. The third kappa shape index (κ3) is 3.60. The minimum atomic E-state index is -3.14. The van der Waals surface area contributed by atoms with Crippen molar-refractivity contribution in [3.8, 4) is 22.9 Å². The number of hydrogen-bond donors (Lipinski definition) is 1. The number of carbonyl (C=O) groups is 1. The van der Waals surface area contributed by atoms with Gasteiger partial charge in [0.25, 0.3) is 5.91 Å². The molecule has 4 aromatic rings. The number of rotatable bonds is 5. The molecule has 2 aliphatic rings. The first-order valence-corrected chi connectivity index (χ1v) is 11.8. The molecule has 38 heavy (non-hydrogen) atoms. The van der Waals surface area contributed by atoms with Gasteiger partial charge >= 0.3 is 6.61 Å². The van der Waals surface area contributed by atoms with Gasteiger partial charge in [-0.05, 0) is 43.2 Å². The molecule has 192 valence electrons. The lowest BCUT2D eigenvalue weighted by Gasteiger charge is -2.23. The largest absolute Gasteiger partial charge is 0.434 e. The molecule has 1 aliphatic heterocycles. The van der Waals surface area contributed by atoms with Crippen LogP contribution < -0.4 is 10.5 Å². The second kappa shape index (κ2) is 8.56. The standard InChI is InChI=1S/C27H23F2N7O2/c1-27(31,7-8-30)25-32-12-15(13-33-25)14-6-9-36-18(10-14)22-17-11-19(23(22)34-36)35(2)24(37)16-4-3-5-20(21(16)17)38-26(28)29/h3-6,9-10,12-13,17,19,26H,7,11,31H2,1-2H3/t17-,19-,27-/m1/s1/i2D3. The van der Waals surface area contributed by atoms with E-state index in [2.05, 4.69) is 15.1 Å². The number of amides is 1. The highest BCUT2D eigenvalue weighted by Crippen LogP contribution is 2.53. The molecule has 1 aliphatic carbocycles. The molecule has 0 spiro atoms. The third-order valence-electron chi connectivity index (χ3n) is 7.16. The summed E-state index contributed by atoms with van der Waals surface area (Å²) in [5.41, 5.74) is 8.35. The Labute approximate surface area is 220 Å². The monoisotopic (exact) mass is 518 g/mol. The molecule has 2 N–H and O–H groups in total. The quantitative estimate of drug-likeness (QED) is 0.421. The van der Waals surface area contributed by atoms with Gasteiger partial charge in [-0.25, -0.2) is 14.5 Å². The van der Waals surface area contributed by atoms with Crippen LogP contribution in [-0.4, -0.2) is 44.0 Å². The Kier molecular flexibility index (Phi) is 4.64. The van der Waals surface area contributed by atoms with Gasteiger partial charge in [-0.15, -0.1) is 0 Å². The van der Waals surface area contributed by atoms with E-state index in [1.165, 1.54) is 18.2 Å². The van der Waals surface area contributed by atoms with Crippen LogP contribution in [0.4, 0.5) is 8.78 Å². The maximum absolute atomic E-state index is 13.6. The van der Waals surface area contributed by atoms with Crippen molar-refractivity contribution in [2.45, 2.75) is 43.9 Å². The van der Waals surface area contributed by atoms with Gasteiger partial charge in [0.2, 0.25) is 0 Å². The van der Waals surface area contributed by atoms with Crippen molar-refractivity contribution in [3.63, 3.8) is 0 Å². The summed E-state index contributed by atoms with van der Waals surface area (Å²) in [5, 5.41) is 13.7. The van der Waals surface area contributed by atoms with Crippen LogP contribution in [0.3, 0.4) is 0 Å². The van der Waals surface area contributed by atoms with Crippen LogP contribution in [0.1, 0.15) is 68.8 Å². The molecule has 0 fully saturated rings. The number of hydrogen-bond acceptors (Lipinski definition) is 7. The zero-order valence-electron chi connectivity index (χ0n) is 23.1. The van der Waals surface area contributed by atoms with Crippen LogP contribution >= 0.6 is 0 Å². The van der Waals surface area contributed by atoms with Crippen LogP contribution in [-0.2, 0) is 5.54 Å². The second-order valence-electron chi connectivity index (χ2n) is 9.67. The fourth-order valence-corrected chi connectivity index (χ4v) is 5.38. The Morgan fingerprint density at radius 3 is 2.79 bits per heavy atom. The minimum absolute atomic E-state index is 0.000814. The highest BCUT2D eigenvalue weighted by atomic mass is 19.3. The summed E-state index contributed by atoms with van der Waals surface area (Å²) in [6.07, 6.45) is 5.06. The molecule has 1 aromatic carbocycles. The molecule has 11 heteroatoms. The summed E-state index contributed by atoms with van der Waals surface area (Å²) in [7, 11) is 0. The maximum atomic E-state index is 13.6. The molecular formula is C27H23F2N7O2. The summed E-state index contributed by atoms with van der Waals surface area (Å²) in [6, 6.07) is 8.91. The molecule has 0 radical (unpaired) electrons. The SMILES string of the molecule is [2H]C([2H])([2H])N1C(=O)c2cccc(OC(F)F)c2[C@H]2C[C@@H]1c1nn3ccc(-c4cnc([C@](C)(N)CC#N)nc4)cc3c12. The first kappa shape index (κ1) is 20.6. The normalized spacial score (nSPS) is 21.1. The van der Waals surface area contributed by atoms with Crippen molar-refractivity contribution < 1.29 is 22.4 Å². The first-order valence-electron chi connectivity index (χ1n) is 13.3. The van der Waals surface area contributed by atoms with Gasteiger partial charge in [-0.1, -0.05) is 6.07 Å². The molecule has 4 heterocycles. The van der Waals surface area contributed by atoms with E-state index in [1.54, 1.807) is 36.1 Å². The topological polar surface area (TPSA) is 122 Å². The van der Waals surface area contributed by atoms with E-state index < -0.39 is 37.0 Å². The maximum Gasteiger partial charge on any atom is 0.387 e. The zero-order valence-corrected chi connectivity index (χ0v) is 20.1. The smallest absolute Gasteiger partial charge is 0.387 e. The van der Waals surface area contributed by atoms with Crippen molar-refractivity contribution in [1.29, 1.82) is 5.26 Å². The molecule has 0 saturated heterocycles. The van der Waals surface area contributed by atoms with E-state index in [4.69, 9.17) is 19.8 Å². The van der Waals surface area contributed by atoms with E-state index in [0.29, 0.717) is 33.7 Å². The van der Waals surface area contributed by atoms with E-state index in [-0.39, 0.29) is 29.7 Å². The lowest BCUT2D eigenvalue weighted by atomic mass is 9.88. The Morgan fingerprint density at radius 2 is 2.08 bits per heavy atom. The molecule has 3 aromatic heterocycles. The highest BCUT2D eigenvalue weighted by Gasteiger charge is 2.46. The summed E-state index contributed by atoms with van der Waals surface area (Å²) in [6.45, 7) is -4.28. The van der Waals surface area contributed by atoms with Crippen LogP contribution in [0.15, 0.2) is 48.9 Å². The van der Waals surface area contributed by atoms with E-state index in [0.717, 1.165) is 4.90 Å². The zero-order chi connectivity index (χ0) is 29.3. The van der Waals surface area contributed by atoms with Gasteiger partial charge < -0.3 is 15.4 Å². The Morgan fingerprint density at radius 1 is 1.29 bits per heavy atom. The predicted octanol–water partition coefficient (Wildman–Crippen LogP) is 4.14. The van der Waals surface area contributed by atoms with Crippen LogP contribution in [0.2, 0.25) is 0 Å². The van der Waals surface area contributed by atoms with Gasteiger partial charge in [0.05, 0.1) is 35.3 Å². The van der Waals surface area contributed by atoms with Crippen LogP contribution in [0.5, 0.6) is 5.75 Å². The molecule has 3 atom stereocenters. The number of aromatic nitrogens is 4. The highest BCUT2D eigenvalue weighted by molar-refractivity contribution is 5.98. The Balaban J connectivity index is 1.52. The number of carbonyl (C=O) groups excluding carboxylic acids is 1. The van der Waals surface area contributed by atoms with Gasteiger partial charge in [0.15, 0.2) is 0 Å². The fourth-order valence-electron chi connectivity index (χ4n) is 5.38. The van der Waals surface area contributed by atoms with E-state index >= 15 is 0 Å². The van der Waals surface area contributed by atoms with Gasteiger partial charge in [0, 0.05) is 57.9 Å². The van der Waals surface area contributed by atoms with Crippen LogP contribution in [0, 0.1) is 11.3 Å². The minimum Gasteiger partial charge on any atom is -0.434 e. The molecule has 2 bridgehead atoms. The predicted molar refractivity (Wildman–Crippen MR) is 132 cm³/mol. The number of ether oxygens (including phenoxy) is 1. The molecule has 6 rings (SSSR count). The summed E-state index contributed by atoms with van der Waals surface area (Å²) < 4.78 is 57.6. The number of pyridine rings is 1. The molecule has 1 amide bonds. The van der Waals surface area contributed by atoms with Crippen LogP contribution in [0.25, 0.3) is 16.6 Å². The number of alkyl halides is 2. The fraction of sp³-hybridized carbons (Fsp3) is 0.296. The number of halogens is 2. The second-order valence-corrected chi connectivity index (χ2v) is 9.67. The molecule has 9 nitrogen and oxygen atoms in total. The number of nitriles is 1. The average Bonchev–Trinajstić information content (AvgIpc) is 3.40.